The average molecular weight is 217 g/mol. The molecular weight excluding hydrogens is 202 g/mol. The summed E-state index contributed by atoms with van der Waals surface area (Å²) in [6, 6.07) is 3.99. The van der Waals surface area contributed by atoms with Crippen LogP contribution in [-0.4, -0.2) is 26.7 Å². The van der Waals surface area contributed by atoms with Crippen LogP contribution in [-0.2, 0) is 13.0 Å². The first kappa shape index (κ1) is 10.8. The average Bonchev–Trinajstić information content (AvgIpc) is 2.72. The first-order chi connectivity index (χ1) is 7.84. The zero-order valence-corrected chi connectivity index (χ0v) is 9.27. The van der Waals surface area contributed by atoms with Crippen molar-refractivity contribution in [3.05, 3.63) is 41.7 Å². The summed E-state index contributed by atoms with van der Waals surface area (Å²) in [6.07, 6.45) is 4.48. The molecule has 2 aromatic rings. The van der Waals surface area contributed by atoms with E-state index in [2.05, 4.69) is 31.5 Å². The Morgan fingerprint density at radius 3 is 3.06 bits per heavy atom. The molecule has 0 atom stereocenters. The van der Waals surface area contributed by atoms with E-state index in [9.17, 15) is 0 Å². The third-order valence-corrected chi connectivity index (χ3v) is 2.22. The van der Waals surface area contributed by atoms with Crippen molar-refractivity contribution < 1.29 is 0 Å². The molecule has 0 aliphatic heterocycles. The van der Waals surface area contributed by atoms with Crippen LogP contribution in [0.4, 0.5) is 0 Å². The van der Waals surface area contributed by atoms with E-state index in [1.165, 1.54) is 5.56 Å². The predicted molar refractivity (Wildman–Crippen MR) is 60.8 cm³/mol. The Morgan fingerprint density at radius 2 is 2.38 bits per heavy atom. The lowest BCUT2D eigenvalue weighted by Crippen LogP contribution is -2.17. The van der Waals surface area contributed by atoms with Gasteiger partial charge in [-0.25, -0.2) is 4.98 Å². The summed E-state index contributed by atoms with van der Waals surface area (Å²) in [4.78, 5) is 8.29. The van der Waals surface area contributed by atoms with Crippen LogP contribution in [0, 0.1) is 6.92 Å². The van der Waals surface area contributed by atoms with Crippen molar-refractivity contribution in [2.24, 2.45) is 0 Å². The Bertz CT molecular complexity index is 423. The maximum absolute atomic E-state index is 4.24. The summed E-state index contributed by atoms with van der Waals surface area (Å²) in [7, 11) is 0. The molecule has 0 spiro atoms. The van der Waals surface area contributed by atoms with Crippen molar-refractivity contribution in [2.75, 3.05) is 6.54 Å². The van der Waals surface area contributed by atoms with Gasteiger partial charge in [0.15, 0.2) is 5.82 Å². The predicted octanol–water partition coefficient (Wildman–Crippen LogP) is 0.840. The van der Waals surface area contributed by atoms with Crippen LogP contribution in [0.1, 0.15) is 17.2 Å². The summed E-state index contributed by atoms with van der Waals surface area (Å²) in [5.74, 6) is 1.72. The molecule has 84 valence electrons. The molecule has 0 aliphatic carbocycles. The molecule has 0 amide bonds. The summed E-state index contributed by atoms with van der Waals surface area (Å²) in [5, 5.41) is 10.2. The highest BCUT2D eigenvalue weighted by atomic mass is 15.2. The van der Waals surface area contributed by atoms with Crippen molar-refractivity contribution in [1.29, 1.82) is 0 Å². The van der Waals surface area contributed by atoms with Crippen molar-refractivity contribution in [2.45, 2.75) is 19.9 Å². The maximum Gasteiger partial charge on any atom is 0.151 e. The molecular formula is C11H15N5. The maximum atomic E-state index is 4.24. The molecule has 0 saturated carbocycles. The van der Waals surface area contributed by atoms with Crippen molar-refractivity contribution in [3.63, 3.8) is 0 Å². The number of H-pyrrole nitrogens is 1. The fourth-order valence-corrected chi connectivity index (χ4v) is 1.44. The zero-order valence-electron chi connectivity index (χ0n) is 9.27. The Kier molecular flexibility index (Phi) is 3.61. The molecule has 5 nitrogen and oxygen atoms in total. The molecule has 0 radical (unpaired) electrons. The topological polar surface area (TPSA) is 66.5 Å². The molecule has 16 heavy (non-hydrogen) atoms. The molecule has 5 heteroatoms. The minimum atomic E-state index is 0.831. The SMILES string of the molecule is Cc1nc(CCNCc2cccnc2)n[nH]1. The van der Waals surface area contributed by atoms with Crippen molar-refractivity contribution >= 4 is 0 Å². The van der Waals surface area contributed by atoms with Crippen LogP contribution in [0.3, 0.4) is 0 Å². The van der Waals surface area contributed by atoms with E-state index < -0.39 is 0 Å². The lowest BCUT2D eigenvalue weighted by molar-refractivity contribution is 0.670. The number of nitrogens with one attached hydrogen (secondary N) is 2. The zero-order chi connectivity index (χ0) is 11.2. The van der Waals surface area contributed by atoms with Gasteiger partial charge >= 0.3 is 0 Å². The second kappa shape index (κ2) is 5.37. The summed E-state index contributed by atoms with van der Waals surface area (Å²) >= 11 is 0. The van der Waals surface area contributed by atoms with Gasteiger partial charge < -0.3 is 5.32 Å². The van der Waals surface area contributed by atoms with E-state index in [-0.39, 0.29) is 0 Å². The summed E-state index contributed by atoms with van der Waals surface area (Å²) < 4.78 is 0. The Labute approximate surface area is 94.3 Å². The van der Waals surface area contributed by atoms with E-state index in [0.717, 1.165) is 31.2 Å². The van der Waals surface area contributed by atoms with Gasteiger partial charge in [0.25, 0.3) is 0 Å². The second-order valence-electron chi connectivity index (χ2n) is 3.63. The van der Waals surface area contributed by atoms with Crippen LogP contribution >= 0.6 is 0 Å². The van der Waals surface area contributed by atoms with Gasteiger partial charge in [-0.1, -0.05) is 6.07 Å². The number of rotatable bonds is 5. The largest absolute Gasteiger partial charge is 0.312 e. The van der Waals surface area contributed by atoms with E-state index in [0.29, 0.717) is 0 Å². The highest BCUT2D eigenvalue weighted by Gasteiger charge is 1.98. The number of aromatic amines is 1. The molecule has 0 unspecified atom stereocenters. The van der Waals surface area contributed by atoms with Gasteiger partial charge in [-0.05, 0) is 18.6 Å². The normalized spacial score (nSPS) is 10.6. The number of pyridine rings is 1. The number of hydrogen-bond donors (Lipinski definition) is 2. The first-order valence-electron chi connectivity index (χ1n) is 5.32. The van der Waals surface area contributed by atoms with E-state index in [1.54, 1.807) is 6.20 Å². The standard InChI is InChI=1S/C11H15N5/c1-9-14-11(16-15-9)4-6-13-8-10-3-2-5-12-7-10/h2-3,5,7,13H,4,6,8H2,1H3,(H,14,15,16). The third kappa shape index (κ3) is 3.13. The summed E-state index contributed by atoms with van der Waals surface area (Å²) in [5.41, 5.74) is 1.19. The first-order valence-corrected chi connectivity index (χ1v) is 5.32. The number of nitrogens with zero attached hydrogens (tertiary/aromatic N) is 3. The molecule has 0 saturated heterocycles. The van der Waals surface area contributed by atoms with Crippen LogP contribution in [0.2, 0.25) is 0 Å². The van der Waals surface area contributed by atoms with Gasteiger partial charge in [0.1, 0.15) is 5.82 Å². The minimum absolute atomic E-state index is 0.831. The van der Waals surface area contributed by atoms with E-state index in [4.69, 9.17) is 0 Å². The Balaban J connectivity index is 1.69. The Morgan fingerprint density at radius 1 is 1.44 bits per heavy atom. The number of aromatic nitrogens is 4. The van der Waals surface area contributed by atoms with Gasteiger partial charge in [-0.3, -0.25) is 10.1 Å². The monoisotopic (exact) mass is 217 g/mol. The fourth-order valence-electron chi connectivity index (χ4n) is 1.44. The Hall–Kier alpha value is -1.75. The number of aryl methyl sites for hydroxylation is 1. The van der Waals surface area contributed by atoms with Gasteiger partial charge in [-0.15, -0.1) is 0 Å². The minimum Gasteiger partial charge on any atom is -0.312 e. The van der Waals surface area contributed by atoms with E-state index >= 15 is 0 Å². The quantitative estimate of drug-likeness (QED) is 0.728. The van der Waals surface area contributed by atoms with Crippen LogP contribution in [0.15, 0.2) is 24.5 Å². The molecule has 2 aromatic heterocycles. The highest BCUT2D eigenvalue weighted by Crippen LogP contribution is 1.95. The molecule has 0 aromatic carbocycles. The lowest BCUT2D eigenvalue weighted by Gasteiger charge is -2.02. The fraction of sp³-hybridized carbons (Fsp3) is 0.364. The van der Waals surface area contributed by atoms with Gasteiger partial charge in [0, 0.05) is 31.9 Å². The molecule has 0 bridgehead atoms. The molecule has 0 fully saturated rings. The van der Waals surface area contributed by atoms with Crippen LogP contribution in [0.25, 0.3) is 0 Å². The number of hydrogen-bond acceptors (Lipinski definition) is 4. The highest BCUT2D eigenvalue weighted by molar-refractivity contribution is 5.07. The van der Waals surface area contributed by atoms with Crippen molar-refractivity contribution in [3.8, 4) is 0 Å². The van der Waals surface area contributed by atoms with Crippen molar-refractivity contribution in [1.82, 2.24) is 25.5 Å². The van der Waals surface area contributed by atoms with Crippen LogP contribution in [0.5, 0.6) is 0 Å². The lowest BCUT2D eigenvalue weighted by atomic mass is 10.3. The summed E-state index contributed by atoms with van der Waals surface area (Å²) in [6.45, 7) is 3.60. The smallest absolute Gasteiger partial charge is 0.151 e. The second-order valence-corrected chi connectivity index (χ2v) is 3.63. The van der Waals surface area contributed by atoms with Gasteiger partial charge in [0.2, 0.25) is 0 Å². The third-order valence-electron chi connectivity index (χ3n) is 2.22. The molecule has 2 heterocycles. The molecule has 2 rings (SSSR count). The molecule has 0 aliphatic rings. The van der Waals surface area contributed by atoms with Gasteiger partial charge in [0.05, 0.1) is 0 Å². The van der Waals surface area contributed by atoms with E-state index in [1.807, 2.05) is 19.2 Å². The van der Waals surface area contributed by atoms with Crippen LogP contribution < -0.4 is 5.32 Å². The van der Waals surface area contributed by atoms with Gasteiger partial charge in [-0.2, -0.15) is 5.10 Å². The molecule has 2 N–H and O–H groups in total.